The number of carbonyl (C=O) groups excluding carboxylic acids is 1. The summed E-state index contributed by atoms with van der Waals surface area (Å²) in [6, 6.07) is 15.6. The van der Waals surface area contributed by atoms with Crippen molar-refractivity contribution in [3.05, 3.63) is 66.0 Å². The highest BCUT2D eigenvalue weighted by Gasteiger charge is 2.14. The molecule has 0 atom stereocenters. The first-order chi connectivity index (χ1) is 15.4. The highest BCUT2D eigenvalue weighted by Crippen LogP contribution is 2.22. The van der Waals surface area contributed by atoms with Crippen LogP contribution in [0.5, 0.6) is 0 Å². The van der Waals surface area contributed by atoms with Crippen LogP contribution in [0.4, 0.5) is 33.5 Å². The molecule has 3 N–H and O–H groups in total. The molecular weight excluding hydrogens is 402 g/mol. The van der Waals surface area contributed by atoms with E-state index >= 15 is 0 Å². The Balaban J connectivity index is 1.36. The maximum absolute atomic E-state index is 12.4. The van der Waals surface area contributed by atoms with Crippen LogP contribution in [0.3, 0.4) is 0 Å². The van der Waals surface area contributed by atoms with E-state index in [9.17, 15) is 4.79 Å². The van der Waals surface area contributed by atoms with Gasteiger partial charge < -0.3 is 20.4 Å². The molecular formula is C24H29N7O. The van der Waals surface area contributed by atoms with E-state index in [0.29, 0.717) is 11.6 Å². The Labute approximate surface area is 188 Å². The van der Waals surface area contributed by atoms with Crippen molar-refractivity contribution < 1.29 is 4.79 Å². The number of hydrogen-bond donors (Lipinski definition) is 3. The highest BCUT2D eigenvalue weighted by molar-refractivity contribution is 5.99. The molecule has 1 saturated heterocycles. The van der Waals surface area contributed by atoms with E-state index in [1.54, 1.807) is 6.07 Å². The molecule has 8 nitrogen and oxygen atoms in total. The van der Waals surface area contributed by atoms with Gasteiger partial charge in [0, 0.05) is 49.3 Å². The maximum atomic E-state index is 12.4. The Morgan fingerprint density at radius 1 is 0.812 bits per heavy atom. The van der Waals surface area contributed by atoms with Gasteiger partial charge >= 0.3 is 6.03 Å². The Morgan fingerprint density at radius 2 is 1.47 bits per heavy atom. The van der Waals surface area contributed by atoms with Gasteiger partial charge in [0.2, 0.25) is 0 Å². The van der Waals surface area contributed by atoms with Gasteiger partial charge in [-0.05, 0) is 68.4 Å². The van der Waals surface area contributed by atoms with Gasteiger partial charge in [-0.25, -0.2) is 14.8 Å². The fourth-order valence-electron chi connectivity index (χ4n) is 3.79. The van der Waals surface area contributed by atoms with E-state index in [2.05, 4.69) is 61.0 Å². The number of urea groups is 1. The third kappa shape index (κ3) is 5.73. The van der Waals surface area contributed by atoms with Crippen LogP contribution in [0, 0.1) is 13.8 Å². The number of anilines is 5. The lowest BCUT2D eigenvalue weighted by Gasteiger charge is -2.34. The van der Waals surface area contributed by atoms with E-state index in [-0.39, 0.29) is 6.03 Å². The number of piperazine rings is 1. The summed E-state index contributed by atoms with van der Waals surface area (Å²) in [5.74, 6) is 1.02. The molecule has 1 aliphatic heterocycles. The van der Waals surface area contributed by atoms with Crippen molar-refractivity contribution in [1.29, 1.82) is 0 Å². The number of amides is 2. The fourth-order valence-corrected chi connectivity index (χ4v) is 3.79. The molecule has 4 rings (SSSR count). The Kier molecular flexibility index (Phi) is 6.51. The molecule has 2 aromatic carbocycles. The molecule has 0 spiro atoms. The van der Waals surface area contributed by atoms with Crippen LogP contribution >= 0.6 is 0 Å². The maximum Gasteiger partial charge on any atom is 0.324 e. The third-order valence-electron chi connectivity index (χ3n) is 5.40. The Hall–Kier alpha value is -3.65. The van der Waals surface area contributed by atoms with Crippen molar-refractivity contribution in [1.82, 2.24) is 14.9 Å². The fraction of sp³-hybridized carbons (Fsp3) is 0.292. The number of carbonyl (C=O) groups is 1. The average molecular weight is 432 g/mol. The second kappa shape index (κ2) is 9.65. The van der Waals surface area contributed by atoms with Gasteiger partial charge in [-0.15, -0.1) is 0 Å². The van der Waals surface area contributed by atoms with Gasteiger partial charge in [0.15, 0.2) is 0 Å². The smallest absolute Gasteiger partial charge is 0.324 e. The van der Waals surface area contributed by atoms with Crippen molar-refractivity contribution in [2.45, 2.75) is 13.8 Å². The number of nitrogens with zero attached hydrogens (tertiary/aromatic N) is 4. The van der Waals surface area contributed by atoms with Crippen molar-refractivity contribution in [2.24, 2.45) is 0 Å². The number of aromatic nitrogens is 2. The van der Waals surface area contributed by atoms with Crippen LogP contribution in [0.25, 0.3) is 0 Å². The van der Waals surface area contributed by atoms with Gasteiger partial charge in [0.1, 0.15) is 18.0 Å². The van der Waals surface area contributed by atoms with Gasteiger partial charge in [0.05, 0.1) is 0 Å². The largest absolute Gasteiger partial charge is 0.369 e. The second-order valence-electron chi connectivity index (χ2n) is 8.21. The van der Waals surface area contributed by atoms with E-state index in [1.807, 2.05) is 38.1 Å². The summed E-state index contributed by atoms with van der Waals surface area (Å²) in [6.07, 6.45) is 1.42. The molecule has 32 heavy (non-hydrogen) atoms. The highest BCUT2D eigenvalue weighted by atomic mass is 16.2. The molecule has 1 aromatic heterocycles. The Bertz CT molecular complexity index is 1060. The molecule has 0 bridgehead atoms. The van der Waals surface area contributed by atoms with Crippen molar-refractivity contribution >= 4 is 34.7 Å². The SMILES string of the molecule is Cc1cc(C)cc(NC(=O)Nc2cc(Nc3ccc(N4CCN(C)CC4)cc3)ncn2)c1. The number of hydrogen-bond acceptors (Lipinski definition) is 6. The lowest BCUT2D eigenvalue weighted by molar-refractivity contribution is 0.262. The molecule has 8 heteroatoms. The minimum absolute atomic E-state index is 0.351. The van der Waals surface area contributed by atoms with Crippen LogP contribution in [0.2, 0.25) is 0 Å². The monoisotopic (exact) mass is 431 g/mol. The number of rotatable bonds is 5. The zero-order chi connectivity index (χ0) is 22.5. The normalized spacial score (nSPS) is 14.2. The molecule has 1 aliphatic rings. The zero-order valence-electron chi connectivity index (χ0n) is 18.7. The van der Waals surface area contributed by atoms with Crippen LogP contribution in [0.1, 0.15) is 11.1 Å². The van der Waals surface area contributed by atoms with E-state index in [0.717, 1.165) is 48.7 Å². The summed E-state index contributed by atoms with van der Waals surface area (Å²) >= 11 is 0. The topological polar surface area (TPSA) is 85.4 Å². The van der Waals surface area contributed by atoms with Crippen LogP contribution < -0.4 is 20.9 Å². The number of aryl methyl sites for hydroxylation is 2. The Morgan fingerprint density at radius 3 is 2.16 bits per heavy atom. The minimum atomic E-state index is -0.351. The van der Waals surface area contributed by atoms with E-state index in [1.165, 1.54) is 12.0 Å². The molecule has 2 heterocycles. The van der Waals surface area contributed by atoms with Gasteiger partial charge in [-0.2, -0.15) is 0 Å². The lowest BCUT2D eigenvalue weighted by atomic mass is 10.1. The van der Waals surface area contributed by atoms with Crippen molar-refractivity contribution in [3.8, 4) is 0 Å². The van der Waals surface area contributed by atoms with Gasteiger partial charge in [-0.1, -0.05) is 6.07 Å². The summed E-state index contributed by atoms with van der Waals surface area (Å²) in [6.45, 7) is 8.22. The predicted molar refractivity (Wildman–Crippen MR) is 130 cm³/mol. The van der Waals surface area contributed by atoms with Crippen molar-refractivity contribution in [2.75, 3.05) is 54.1 Å². The van der Waals surface area contributed by atoms with Crippen LogP contribution in [0.15, 0.2) is 54.9 Å². The average Bonchev–Trinajstić information content (AvgIpc) is 2.74. The molecule has 0 aliphatic carbocycles. The zero-order valence-corrected chi connectivity index (χ0v) is 18.7. The third-order valence-corrected chi connectivity index (χ3v) is 5.40. The van der Waals surface area contributed by atoms with Gasteiger partial charge in [-0.3, -0.25) is 5.32 Å². The molecule has 3 aromatic rings. The molecule has 0 radical (unpaired) electrons. The molecule has 1 fully saturated rings. The standard InChI is InChI=1S/C24H29N7O/c1-17-12-18(2)14-20(13-17)28-24(32)29-23-15-22(25-16-26-23)27-19-4-6-21(7-5-19)31-10-8-30(3)9-11-31/h4-7,12-16H,8-11H2,1-3H3,(H3,25,26,27,28,29,32). The molecule has 166 valence electrons. The first-order valence-corrected chi connectivity index (χ1v) is 10.7. The number of benzene rings is 2. The lowest BCUT2D eigenvalue weighted by Crippen LogP contribution is -2.44. The van der Waals surface area contributed by atoms with Gasteiger partial charge in [0.25, 0.3) is 0 Å². The van der Waals surface area contributed by atoms with Crippen LogP contribution in [-0.4, -0.2) is 54.1 Å². The molecule has 0 unspecified atom stereocenters. The van der Waals surface area contributed by atoms with Crippen molar-refractivity contribution in [3.63, 3.8) is 0 Å². The quantitative estimate of drug-likeness (QED) is 0.561. The summed E-state index contributed by atoms with van der Waals surface area (Å²) in [5, 5.41) is 8.87. The first-order valence-electron chi connectivity index (χ1n) is 10.7. The summed E-state index contributed by atoms with van der Waals surface area (Å²) in [7, 11) is 2.16. The first kappa shape index (κ1) is 21.6. The second-order valence-corrected chi connectivity index (χ2v) is 8.21. The van der Waals surface area contributed by atoms with Crippen LogP contribution in [-0.2, 0) is 0 Å². The molecule has 0 saturated carbocycles. The predicted octanol–water partition coefficient (Wildman–Crippen LogP) is 4.23. The number of nitrogens with one attached hydrogen (secondary N) is 3. The minimum Gasteiger partial charge on any atom is -0.369 e. The number of likely N-dealkylation sites (N-methyl/N-ethyl adjacent to an activating group) is 1. The van der Waals surface area contributed by atoms with E-state index in [4.69, 9.17) is 0 Å². The summed E-state index contributed by atoms with van der Waals surface area (Å²) in [4.78, 5) is 25.5. The van der Waals surface area contributed by atoms with E-state index < -0.39 is 0 Å². The summed E-state index contributed by atoms with van der Waals surface area (Å²) in [5.41, 5.74) is 5.07. The molecule has 2 amide bonds. The summed E-state index contributed by atoms with van der Waals surface area (Å²) < 4.78 is 0.